The molecule has 0 radical (unpaired) electrons. The molecule has 0 amide bonds. The number of hydrogen-bond acceptors (Lipinski definition) is 6. The van der Waals surface area contributed by atoms with Gasteiger partial charge in [-0.15, -0.1) is 0 Å². The molecule has 0 saturated carbocycles. The van der Waals surface area contributed by atoms with Crippen molar-refractivity contribution in [2.45, 2.75) is 53.2 Å². The first kappa shape index (κ1) is 18.7. The molecule has 0 fully saturated rings. The monoisotopic (exact) mass is 353 g/mol. The van der Waals surface area contributed by atoms with Crippen molar-refractivity contribution in [2.24, 2.45) is 0 Å². The smallest absolute Gasteiger partial charge is 0.230 e. The minimum Gasteiger partial charge on any atom is -0.440 e. The van der Waals surface area contributed by atoms with Crippen molar-refractivity contribution in [3.8, 4) is 11.5 Å². The van der Waals surface area contributed by atoms with Crippen LogP contribution in [-0.2, 0) is 16.4 Å². The van der Waals surface area contributed by atoms with Gasteiger partial charge in [-0.25, -0.2) is 19.7 Å². The summed E-state index contributed by atoms with van der Waals surface area (Å²) in [5.41, 5.74) is 2.32. The summed E-state index contributed by atoms with van der Waals surface area (Å²) in [4.78, 5) is 18.8. The van der Waals surface area contributed by atoms with E-state index < -0.39 is 0 Å². The number of oxazole rings is 1. The Bertz CT molecular complexity index is 671. The fraction of sp³-hybridized carbons (Fsp3) is 0.529. The average molecular weight is 354 g/mol. The Balaban J connectivity index is 2.39. The maximum absolute atomic E-state index is 6.02. The number of anilines is 1. The van der Waals surface area contributed by atoms with E-state index in [0.29, 0.717) is 17.7 Å². The normalized spacial score (nSPS) is 11.5. The van der Waals surface area contributed by atoms with Crippen LogP contribution in [0.3, 0.4) is 0 Å². The summed E-state index contributed by atoms with van der Waals surface area (Å²) in [7, 11) is 0. The molecule has 6 nitrogen and oxygen atoms in total. The summed E-state index contributed by atoms with van der Waals surface area (Å²) in [5, 5.41) is 3.76. The highest BCUT2D eigenvalue weighted by Crippen LogP contribution is 2.33. The van der Waals surface area contributed by atoms with E-state index in [0.717, 1.165) is 22.7 Å². The molecule has 24 heavy (non-hydrogen) atoms. The standard InChI is InChI=1S/C17H24ClN3O3/c1-6-22-23-9-14-16(10(2)3)24-17(21-14)12-8-19-15(18)7-13(12)20-11(4)5/h7-8,10-11H,6,9H2,1-5H3,(H,19,20). The molecule has 0 saturated heterocycles. The van der Waals surface area contributed by atoms with Crippen molar-refractivity contribution in [3.05, 3.63) is 28.9 Å². The highest BCUT2D eigenvalue weighted by atomic mass is 35.5. The van der Waals surface area contributed by atoms with Gasteiger partial charge in [-0.3, -0.25) is 0 Å². The van der Waals surface area contributed by atoms with E-state index in [4.69, 9.17) is 25.8 Å². The van der Waals surface area contributed by atoms with E-state index >= 15 is 0 Å². The molecule has 7 heteroatoms. The fourth-order valence-electron chi connectivity index (χ4n) is 2.24. The topological polar surface area (TPSA) is 69.4 Å². The van der Waals surface area contributed by atoms with Crippen LogP contribution in [0.1, 0.15) is 52.0 Å². The molecule has 0 bridgehead atoms. The van der Waals surface area contributed by atoms with Gasteiger partial charge in [-0.05, 0) is 26.8 Å². The van der Waals surface area contributed by atoms with Crippen LogP contribution in [0.4, 0.5) is 5.69 Å². The third-order valence-electron chi connectivity index (χ3n) is 3.19. The molecule has 0 aliphatic carbocycles. The summed E-state index contributed by atoms with van der Waals surface area (Å²) < 4.78 is 5.99. The zero-order chi connectivity index (χ0) is 17.7. The molecular formula is C17H24ClN3O3. The van der Waals surface area contributed by atoms with Crippen LogP contribution >= 0.6 is 11.6 Å². The molecule has 132 valence electrons. The number of hydrogen-bond donors (Lipinski definition) is 1. The van der Waals surface area contributed by atoms with Gasteiger partial charge >= 0.3 is 0 Å². The quantitative estimate of drug-likeness (QED) is 0.318. The van der Waals surface area contributed by atoms with Crippen LogP contribution < -0.4 is 5.32 Å². The van der Waals surface area contributed by atoms with Gasteiger partial charge in [0.1, 0.15) is 23.2 Å². The largest absolute Gasteiger partial charge is 0.440 e. The molecule has 0 aliphatic heterocycles. The minimum absolute atomic E-state index is 0.174. The van der Waals surface area contributed by atoms with E-state index in [1.54, 1.807) is 12.3 Å². The molecule has 2 rings (SSSR count). The van der Waals surface area contributed by atoms with E-state index in [9.17, 15) is 0 Å². The predicted molar refractivity (Wildman–Crippen MR) is 94.0 cm³/mol. The second-order valence-corrected chi connectivity index (χ2v) is 6.39. The number of aromatic nitrogens is 2. The van der Waals surface area contributed by atoms with Crippen molar-refractivity contribution in [3.63, 3.8) is 0 Å². The van der Waals surface area contributed by atoms with Crippen molar-refractivity contribution in [2.75, 3.05) is 11.9 Å². The van der Waals surface area contributed by atoms with Gasteiger partial charge in [0.2, 0.25) is 5.89 Å². The lowest BCUT2D eigenvalue weighted by atomic mass is 10.1. The van der Waals surface area contributed by atoms with Crippen molar-refractivity contribution < 1.29 is 14.2 Å². The van der Waals surface area contributed by atoms with E-state index in [-0.39, 0.29) is 18.6 Å². The third-order valence-corrected chi connectivity index (χ3v) is 3.40. The number of rotatable bonds is 8. The molecule has 0 aliphatic rings. The van der Waals surface area contributed by atoms with Crippen molar-refractivity contribution in [1.82, 2.24) is 9.97 Å². The first-order valence-electron chi connectivity index (χ1n) is 8.08. The number of nitrogens with one attached hydrogen (secondary N) is 1. The van der Waals surface area contributed by atoms with Crippen molar-refractivity contribution in [1.29, 1.82) is 0 Å². The predicted octanol–water partition coefficient (Wildman–Crippen LogP) is 4.80. The summed E-state index contributed by atoms with van der Waals surface area (Å²) in [6.45, 7) is 10.8. The molecule has 0 atom stereocenters. The first-order chi connectivity index (χ1) is 11.4. The Morgan fingerprint density at radius 1 is 1.25 bits per heavy atom. The number of nitrogens with zero attached hydrogens (tertiary/aromatic N) is 2. The van der Waals surface area contributed by atoms with E-state index in [2.05, 4.69) is 29.1 Å². The molecule has 2 aromatic rings. The lowest BCUT2D eigenvalue weighted by molar-refractivity contribution is -0.301. The molecule has 0 aromatic carbocycles. The Morgan fingerprint density at radius 3 is 2.62 bits per heavy atom. The Labute approximate surface area is 147 Å². The second kappa shape index (κ2) is 8.46. The first-order valence-corrected chi connectivity index (χ1v) is 8.46. The molecule has 0 spiro atoms. The van der Waals surface area contributed by atoms with Crippen LogP contribution in [0, 0.1) is 0 Å². The summed E-state index contributed by atoms with van der Waals surface area (Å²) >= 11 is 6.02. The highest BCUT2D eigenvalue weighted by Gasteiger charge is 2.20. The molecule has 2 aromatic heterocycles. The van der Waals surface area contributed by atoms with Crippen LogP contribution in [0.2, 0.25) is 5.15 Å². The van der Waals surface area contributed by atoms with E-state index in [1.165, 1.54) is 0 Å². The Hall–Kier alpha value is -1.63. The number of halogens is 1. The Kier molecular flexibility index (Phi) is 6.60. The van der Waals surface area contributed by atoms with Crippen LogP contribution in [0.5, 0.6) is 0 Å². The molecular weight excluding hydrogens is 330 g/mol. The van der Waals surface area contributed by atoms with Gasteiger partial charge in [0.25, 0.3) is 0 Å². The van der Waals surface area contributed by atoms with Gasteiger partial charge in [0, 0.05) is 18.2 Å². The molecule has 1 N–H and O–H groups in total. The van der Waals surface area contributed by atoms with Gasteiger partial charge in [-0.1, -0.05) is 25.4 Å². The van der Waals surface area contributed by atoms with Crippen molar-refractivity contribution >= 4 is 17.3 Å². The van der Waals surface area contributed by atoms with Crippen LogP contribution in [-0.4, -0.2) is 22.6 Å². The fourth-order valence-corrected chi connectivity index (χ4v) is 2.40. The van der Waals surface area contributed by atoms with Gasteiger partial charge in [-0.2, -0.15) is 0 Å². The van der Waals surface area contributed by atoms with E-state index in [1.807, 2.05) is 20.8 Å². The summed E-state index contributed by atoms with van der Waals surface area (Å²) in [6.07, 6.45) is 1.66. The SMILES string of the molecule is CCOOCc1nc(-c2cnc(Cl)cc2NC(C)C)oc1C(C)C. The zero-order valence-corrected chi connectivity index (χ0v) is 15.5. The average Bonchev–Trinajstić information content (AvgIpc) is 2.91. The third kappa shape index (κ3) is 4.69. The van der Waals surface area contributed by atoms with Gasteiger partial charge in [0.15, 0.2) is 0 Å². The summed E-state index contributed by atoms with van der Waals surface area (Å²) in [5.74, 6) is 1.43. The summed E-state index contributed by atoms with van der Waals surface area (Å²) in [6, 6.07) is 2.01. The molecule has 2 heterocycles. The van der Waals surface area contributed by atoms with Crippen LogP contribution in [0.25, 0.3) is 11.5 Å². The Morgan fingerprint density at radius 2 is 2.00 bits per heavy atom. The highest BCUT2D eigenvalue weighted by molar-refractivity contribution is 6.29. The van der Waals surface area contributed by atoms with Gasteiger partial charge in [0.05, 0.1) is 17.9 Å². The lowest BCUT2D eigenvalue weighted by Crippen LogP contribution is -2.10. The van der Waals surface area contributed by atoms with Crippen LogP contribution in [0.15, 0.2) is 16.7 Å². The molecule has 0 unspecified atom stereocenters. The maximum Gasteiger partial charge on any atom is 0.230 e. The second-order valence-electron chi connectivity index (χ2n) is 6.01. The number of pyridine rings is 1. The zero-order valence-electron chi connectivity index (χ0n) is 14.7. The minimum atomic E-state index is 0.174. The lowest BCUT2D eigenvalue weighted by Gasteiger charge is -2.13. The maximum atomic E-state index is 6.02. The van der Waals surface area contributed by atoms with Gasteiger partial charge < -0.3 is 9.73 Å².